The van der Waals surface area contributed by atoms with Crippen molar-refractivity contribution in [3.8, 4) is 0 Å². The summed E-state index contributed by atoms with van der Waals surface area (Å²) in [5.41, 5.74) is 11.6. The van der Waals surface area contributed by atoms with Gasteiger partial charge in [0.05, 0.1) is 56.7 Å². The lowest BCUT2D eigenvalue weighted by atomic mass is 10.1. The minimum absolute atomic E-state index is 0. The zero-order valence-corrected chi connectivity index (χ0v) is 47.4. The maximum atomic E-state index is 13.5. The van der Waals surface area contributed by atoms with E-state index in [0.29, 0.717) is 9.80 Å². The van der Waals surface area contributed by atoms with E-state index in [0.717, 1.165) is 68.0 Å². The third kappa shape index (κ3) is 21.7. The summed E-state index contributed by atoms with van der Waals surface area (Å²) in [6, 6.07) is 6.64. The Morgan fingerprint density at radius 1 is 0.602 bits per heavy atom. The summed E-state index contributed by atoms with van der Waals surface area (Å²) >= 11 is 0. The van der Waals surface area contributed by atoms with Crippen molar-refractivity contribution in [3.05, 3.63) is 104 Å². The molecule has 0 saturated carbocycles. The first-order valence-corrected chi connectivity index (χ1v) is 25.2. The third-order valence-corrected chi connectivity index (χ3v) is 10.9. The molecule has 0 saturated heterocycles. The van der Waals surface area contributed by atoms with Gasteiger partial charge in [0.15, 0.2) is 22.3 Å². The molecule has 0 aliphatic carbocycles. The molecule has 0 spiro atoms. The fourth-order valence-electron chi connectivity index (χ4n) is 7.08. The van der Waals surface area contributed by atoms with Gasteiger partial charge in [0, 0.05) is 29.8 Å². The van der Waals surface area contributed by atoms with Gasteiger partial charge in [-0.1, -0.05) is 7.43 Å². The maximum absolute atomic E-state index is 13.5. The number of nitrogen functional groups attached to an aromatic ring is 2. The zero-order chi connectivity index (χ0) is 65.5. The van der Waals surface area contributed by atoms with Crippen molar-refractivity contribution in [2.24, 2.45) is 5.73 Å². The number of alkyl halides is 6. The molecule has 476 valence electrons. The number of hydrogen-bond donors (Lipinski definition) is 7. The number of ether oxygens (including phenoxy) is 4. The normalized spacial score (nSPS) is 12.0. The molecule has 0 fully saturated rings. The number of amides is 3. The van der Waals surface area contributed by atoms with E-state index in [-0.39, 0.29) is 107 Å². The van der Waals surface area contributed by atoms with Crippen LogP contribution in [0.3, 0.4) is 0 Å². The fourth-order valence-corrected chi connectivity index (χ4v) is 7.08. The van der Waals surface area contributed by atoms with Gasteiger partial charge < -0.3 is 46.6 Å². The third-order valence-electron chi connectivity index (χ3n) is 10.9. The van der Waals surface area contributed by atoms with Crippen molar-refractivity contribution in [2.45, 2.75) is 123 Å². The highest BCUT2D eigenvalue weighted by Crippen LogP contribution is 2.28. The van der Waals surface area contributed by atoms with Crippen LogP contribution in [0.4, 0.5) is 49.6 Å². The van der Waals surface area contributed by atoms with Crippen molar-refractivity contribution in [1.82, 2.24) is 45.2 Å². The Labute approximate surface area is 494 Å². The highest BCUT2D eigenvalue weighted by molar-refractivity contribution is 6.00. The molecule has 4 heterocycles. The SMILES string of the molecule is C.COC(=O)[C@@H](N)CCC(=O)OC(C)(C)C.COC(=O)[C@H](CCC(=O)OC(C)(C)C)NC(=O)c1ccc(N(Cc2cnc3nc(N)[nH]c(=O)c3n2)C(=O)C(F)(F)F)cc1.Nc1nc2ncc(CN(C(=O)C(F)(F)F)c3ccc(C(=O)O)cc3)nc2c(=O)[nH]1. The lowest BCUT2D eigenvalue weighted by molar-refractivity contribution is -0.170. The minimum Gasteiger partial charge on any atom is -0.478 e. The summed E-state index contributed by atoms with van der Waals surface area (Å²) in [6.45, 7) is 8.93. The number of aromatic amines is 2. The number of fused-ring (bicyclic) bond motifs is 2. The molecule has 3 amide bonds. The van der Waals surface area contributed by atoms with Crippen molar-refractivity contribution < 1.29 is 88.8 Å². The van der Waals surface area contributed by atoms with E-state index in [2.05, 4.69) is 54.7 Å². The summed E-state index contributed by atoms with van der Waals surface area (Å²) in [7, 11) is 2.35. The topological polar surface area (TPSA) is 433 Å². The van der Waals surface area contributed by atoms with Gasteiger partial charge in [0.2, 0.25) is 11.9 Å². The average molecular weight is 1250 g/mol. The van der Waals surface area contributed by atoms with E-state index >= 15 is 0 Å². The van der Waals surface area contributed by atoms with Crippen LogP contribution in [0.15, 0.2) is 70.5 Å². The standard InChI is InChI=1S/C26H28F3N7O7.C16H11F3N6O4.C10H19NO4.CH4/c1-25(2,3)43-17(37)10-9-16(22(40)42-4)33-20(38)13-5-7-15(8-6-13)36(23(41)26(27,28)29)12-14-11-31-19-18(32-14)21(39)35-24(30)34-19;17-16(18,19)14(29)25(9-3-1-7(2-4-9)13(27)28)6-8-5-21-11-10(22-8)12(26)24-15(20)23-11;1-10(2,3)15-8(12)6-5-7(11)9(13)14-4;/h5-8,11,16H,9-10,12H2,1-4H3,(H,33,38)(H3,30,31,34,35,39);1-5H,6H2,(H,27,28)(H3,20,21,23,24,26);7H,5-6,11H2,1-4H3;1H4/t16-;;7-;/m0.0./s1. The van der Waals surface area contributed by atoms with Crippen LogP contribution in [0, 0.1) is 0 Å². The van der Waals surface area contributed by atoms with Crippen LogP contribution in [0.1, 0.15) is 107 Å². The van der Waals surface area contributed by atoms with Crippen LogP contribution in [-0.4, -0.2) is 142 Å². The number of carboxylic acid groups (broad SMARTS) is 1. The Bertz CT molecular complexity index is 3630. The lowest BCUT2D eigenvalue weighted by Crippen LogP contribution is -2.42. The first kappa shape index (κ1) is 72.0. The number of nitrogens with two attached hydrogens (primary N) is 3. The summed E-state index contributed by atoms with van der Waals surface area (Å²) in [5, 5.41) is 11.3. The van der Waals surface area contributed by atoms with Gasteiger partial charge in [-0.15, -0.1) is 0 Å². The van der Waals surface area contributed by atoms with Gasteiger partial charge >= 0.3 is 54.0 Å². The predicted molar refractivity (Wildman–Crippen MR) is 299 cm³/mol. The molecule has 88 heavy (non-hydrogen) atoms. The second-order valence-electron chi connectivity index (χ2n) is 20.1. The van der Waals surface area contributed by atoms with Crippen LogP contribution in [-0.2, 0) is 60.8 Å². The maximum Gasteiger partial charge on any atom is 0.471 e. The number of hydrogen-bond acceptors (Lipinski definition) is 23. The smallest absolute Gasteiger partial charge is 0.471 e. The predicted octanol–water partition coefficient (Wildman–Crippen LogP) is 4.12. The van der Waals surface area contributed by atoms with Gasteiger partial charge in [0.1, 0.15) is 23.3 Å². The molecule has 6 aromatic rings. The summed E-state index contributed by atoms with van der Waals surface area (Å²) in [4.78, 5) is 147. The Kier molecular flexibility index (Phi) is 24.7. The number of carbonyl (C=O) groups excluding carboxylic acids is 7. The molecule has 35 heteroatoms. The molecule has 6 rings (SSSR count). The number of carboxylic acids is 1. The number of aromatic carboxylic acids is 1. The second-order valence-corrected chi connectivity index (χ2v) is 20.1. The Morgan fingerprint density at radius 3 is 1.33 bits per heavy atom. The van der Waals surface area contributed by atoms with E-state index in [4.69, 9.17) is 31.8 Å². The molecule has 0 radical (unpaired) electrons. The van der Waals surface area contributed by atoms with E-state index < -0.39 is 101 Å². The van der Waals surface area contributed by atoms with Gasteiger partial charge in [-0.25, -0.2) is 29.5 Å². The van der Waals surface area contributed by atoms with Crippen molar-refractivity contribution >= 4 is 93.2 Å². The first-order valence-electron chi connectivity index (χ1n) is 25.2. The first-order chi connectivity index (χ1) is 40.3. The minimum atomic E-state index is -5.28. The number of methoxy groups -OCH3 is 2. The molecule has 0 aliphatic rings. The molecule has 2 aromatic carbocycles. The van der Waals surface area contributed by atoms with E-state index in [9.17, 15) is 74.3 Å². The number of rotatable bonds is 17. The van der Waals surface area contributed by atoms with Crippen molar-refractivity contribution in [3.63, 3.8) is 0 Å². The Balaban J connectivity index is 0.000000386. The van der Waals surface area contributed by atoms with Gasteiger partial charge in [0.25, 0.3) is 17.0 Å². The number of carbonyl (C=O) groups is 8. The molecule has 0 unspecified atom stereocenters. The monoisotopic (exact) mass is 1250 g/mol. The zero-order valence-electron chi connectivity index (χ0n) is 47.4. The number of aromatic nitrogens is 8. The molecule has 2 atom stereocenters. The quantitative estimate of drug-likeness (QED) is 0.0383. The number of H-pyrrole nitrogens is 2. The number of anilines is 4. The Morgan fingerprint density at radius 2 is 0.977 bits per heavy atom. The summed E-state index contributed by atoms with van der Waals surface area (Å²) in [6.07, 6.45) is -8.39. The molecular weight excluding hydrogens is 1190 g/mol. The van der Waals surface area contributed by atoms with Crippen LogP contribution in [0.5, 0.6) is 0 Å². The molecule has 4 aromatic heterocycles. The molecule has 0 aliphatic heterocycles. The van der Waals surface area contributed by atoms with Crippen LogP contribution in [0.25, 0.3) is 22.3 Å². The second kappa shape index (κ2) is 30.2. The molecule has 10 N–H and O–H groups in total. The number of halogens is 6. The molecular formula is C53H62F6N14O15. The fraction of sp³-hybridized carbons (Fsp3) is 0.396. The highest BCUT2D eigenvalue weighted by Gasteiger charge is 2.44. The number of benzene rings is 2. The highest BCUT2D eigenvalue weighted by atomic mass is 19.4. The van der Waals surface area contributed by atoms with Gasteiger partial charge in [-0.05, 0) is 103 Å². The van der Waals surface area contributed by atoms with Crippen LogP contribution < -0.4 is 43.4 Å². The molecule has 0 bridgehead atoms. The average Bonchev–Trinajstić information content (AvgIpc) is 0.951. The van der Waals surface area contributed by atoms with Crippen LogP contribution in [0.2, 0.25) is 0 Å². The molecule has 29 nitrogen and oxygen atoms in total. The summed E-state index contributed by atoms with van der Waals surface area (Å²) < 4.78 is 99.0. The van der Waals surface area contributed by atoms with E-state index in [1.165, 1.54) is 7.11 Å². The lowest BCUT2D eigenvalue weighted by Gasteiger charge is -2.24. The van der Waals surface area contributed by atoms with Gasteiger partial charge in [-0.2, -0.15) is 36.3 Å². The van der Waals surface area contributed by atoms with E-state index in [1.54, 1.807) is 41.5 Å². The van der Waals surface area contributed by atoms with Gasteiger partial charge in [-0.3, -0.25) is 58.1 Å². The largest absolute Gasteiger partial charge is 0.478 e. The Hall–Kier alpha value is -10.2. The number of esters is 4. The van der Waals surface area contributed by atoms with Crippen molar-refractivity contribution in [2.75, 3.05) is 35.5 Å². The number of nitrogens with one attached hydrogen (secondary N) is 3. The summed E-state index contributed by atoms with van der Waals surface area (Å²) in [5.74, 6) is -9.28. The van der Waals surface area contributed by atoms with Crippen LogP contribution >= 0.6 is 0 Å². The van der Waals surface area contributed by atoms with Crippen molar-refractivity contribution in [1.29, 1.82) is 0 Å². The number of nitrogens with zero attached hydrogens (tertiary/aromatic N) is 8. The van der Waals surface area contributed by atoms with E-state index in [1.807, 2.05) is 0 Å².